The minimum absolute atomic E-state index is 0.0422. The average molecular weight is 357 g/mol. The molecule has 5 heteroatoms. The summed E-state index contributed by atoms with van der Waals surface area (Å²) in [4.78, 5) is 23.8. The van der Waals surface area contributed by atoms with E-state index in [-0.39, 0.29) is 21.6 Å². The number of benzene rings is 1. The summed E-state index contributed by atoms with van der Waals surface area (Å²) in [5, 5.41) is 12.3. The predicted molar refractivity (Wildman–Crippen MR) is 101 cm³/mol. The van der Waals surface area contributed by atoms with Crippen LogP contribution in [0.2, 0.25) is 0 Å². The highest BCUT2D eigenvalue weighted by atomic mass is 32.1. The van der Waals surface area contributed by atoms with Crippen molar-refractivity contribution in [2.75, 3.05) is 5.32 Å². The molecule has 0 bridgehead atoms. The molecule has 0 spiro atoms. The van der Waals surface area contributed by atoms with Crippen LogP contribution in [0, 0.1) is 0 Å². The topological polar surface area (TPSA) is 66.4 Å². The van der Waals surface area contributed by atoms with Crippen LogP contribution >= 0.6 is 11.3 Å². The quantitative estimate of drug-likeness (QED) is 0.808. The first-order chi connectivity index (χ1) is 11.6. The molecule has 0 saturated carbocycles. The number of carboxylic acids is 1. The van der Waals surface area contributed by atoms with Crippen molar-refractivity contribution in [1.29, 1.82) is 0 Å². The van der Waals surface area contributed by atoms with Gasteiger partial charge in [-0.15, -0.1) is 11.3 Å². The van der Waals surface area contributed by atoms with E-state index >= 15 is 0 Å². The number of carboxylic acid groups (broad SMARTS) is 1. The van der Waals surface area contributed by atoms with Crippen molar-refractivity contribution in [3.63, 3.8) is 0 Å². The van der Waals surface area contributed by atoms with E-state index in [4.69, 9.17) is 5.11 Å². The van der Waals surface area contributed by atoms with Crippen molar-refractivity contribution >= 4 is 28.2 Å². The summed E-state index contributed by atoms with van der Waals surface area (Å²) in [6.07, 6.45) is 2.22. The molecule has 0 saturated heterocycles. The highest BCUT2D eigenvalue weighted by molar-refractivity contribution is 7.18. The lowest BCUT2D eigenvalue weighted by Gasteiger charge is -2.42. The van der Waals surface area contributed by atoms with Crippen molar-refractivity contribution in [2.24, 2.45) is 0 Å². The largest absolute Gasteiger partial charge is 0.477 e. The maximum Gasteiger partial charge on any atom is 0.345 e. The minimum atomic E-state index is -0.983. The van der Waals surface area contributed by atoms with Crippen LogP contribution in [0.25, 0.3) is 0 Å². The lowest BCUT2D eigenvalue weighted by Crippen LogP contribution is -2.34. The first kappa shape index (κ1) is 17.7. The second kappa shape index (κ2) is 5.99. The summed E-state index contributed by atoms with van der Waals surface area (Å²) in [6.45, 7) is 8.95. The molecule has 1 heterocycles. The third-order valence-electron chi connectivity index (χ3n) is 5.17. The molecule has 1 aromatic heterocycles. The molecule has 1 aromatic carbocycles. The van der Waals surface area contributed by atoms with Crippen LogP contribution in [0.5, 0.6) is 0 Å². The van der Waals surface area contributed by atoms with Gasteiger partial charge in [0, 0.05) is 5.56 Å². The van der Waals surface area contributed by atoms with Crippen LogP contribution in [0.3, 0.4) is 0 Å². The average Bonchev–Trinajstić information content (AvgIpc) is 3.00. The van der Waals surface area contributed by atoms with Gasteiger partial charge in [-0.25, -0.2) is 4.79 Å². The third-order valence-corrected chi connectivity index (χ3v) is 6.16. The van der Waals surface area contributed by atoms with Gasteiger partial charge in [-0.1, -0.05) is 33.8 Å². The second-order valence-electron chi connectivity index (χ2n) is 7.95. The van der Waals surface area contributed by atoms with Gasteiger partial charge in [-0.2, -0.15) is 0 Å². The number of fused-ring (bicyclic) bond motifs is 1. The molecule has 2 aromatic rings. The Bertz CT molecular complexity index is 848. The van der Waals surface area contributed by atoms with E-state index in [2.05, 4.69) is 39.1 Å². The van der Waals surface area contributed by atoms with Gasteiger partial charge in [0.15, 0.2) is 0 Å². The van der Waals surface area contributed by atoms with Gasteiger partial charge in [-0.3, -0.25) is 4.79 Å². The van der Waals surface area contributed by atoms with Gasteiger partial charge < -0.3 is 10.4 Å². The Labute approximate surface area is 151 Å². The summed E-state index contributed by atoms with van der Waals surface area (Å²) in [7, 11) is 0. The van der Waals surface area contributed by atoms with E-state index in [9.17, 15) is 9.59 Å². The molecule has 0 aliphatic heterocycles. The summed E-state index contributed by atoms with van der Waals surface area (Å²) in [6, 6.07) is 9.06. The van der Waals surface area contributed by atoms with Crippen LogP contribution in [-0.2, 0) is 10.8 Å². The molecular weight excluding hydrogens is 334 g/mol. The Hall–Kier alpha value is -2.14. The molecule has 1 aliphatic rings. The molecule has 2 N–H and O–H groups in total. The number of anilines is 1. The van der Waals surface area contributed by atoms with Crippen LogP contribution in [-0.4, -0.2) is 17.0 Å². The lowest BCUT2D eigenvalue weighted by molar-refractivity contribution is 0.0702. The van der Waals surface area contributed by atoms with Gasteiger partial charge in [0.1, 0.15) is 4.88 Å². The predicted octanol–water partition coefficient (Wildman–Crippen LogP) is 5.05. The molecule has 0 radical (unpaired) electrons. The molecule has 0 atom stereocenters. The van der Waals surface area contributed by atoms with E-state index in [1.54, 1.807) is 6.07 Å². The van der Waals surface area contributed by atoms with Gasteiger partial charge in [0.2, 0.25) is 0 Å². The van der Waals surface area contributed by atoms with E-state index in [0.717, 1.165) is 24.2 Å². The van der Waals surface area contributed by atoms with E-state index < -0.39 is 5.97 Å². The number of aromatic carboxylic acids is 1. The van der Waals surface area contributed by atoms with Crippen molar-refractivity contribution in [3.05, 3.63) is 51.9 Å². The number of rotatable bonds is 3. The van der Waals surface area contributed by atoms with Crippen LogP contribution in [0.1, 0.15) is 71.7 Å². The highest BCUT2D eigenvalue weighted by Gasteiger charge is 2.37. The summed E-state index contributed by atoms with van der Waals surface area (Å²) < 4.78 is 0. The standard InChI is InChI=1S/C20H23NO3S/c1-19(2)9-10-20(3,4)14-11-12(5-6-13(14)19)17(22)21-16-8-7-15(25-16)18(23)24/h5-8,11H,9-10H2,1-4H3,(H,21,22)(H,23,24). The normalized spacial score (nSPS) is 17.6. The Morgan fingerprint density at radius 1 is 1.00 bits per heavy atom. The number of carbonyl (C=O) groups is 2. The summed E-state index contributed by atoms with van der Waals surface area (Å²) in [5.74, 6) is -1.19. The molecule has 0 fully saturated rings. The monoisotopic (exact) mass is 357 g/mol. The SMILES string of the molecule is CC1(C)CCC(C)(C)c2cc(C(=O)Nc3ccc(C(=O)O)s3)ccc21. The Kier molecular flexibility index (Phi) is 4.23. The fourth-order valence-corrected chi connectivity index (χ4v) is 4.17. The third kappa shape index (κ3) is 3.33. The molecule has 1 amide bonds. The van der Waals surface area contributed by atoms with Gasteiger partial charge in [-0.05, 0) is 59.1 Å². The van der Waals surface area contributed by atoms with Crippen molar-refractivity contribution in [3.8, 4) is 0 Å². The van der Waals surface area contributed by atoms with Gasteiger partial charge >= 0.3 is 5.97 Å². The van der Waals surface area contributed by atoms with Crippen molar-refractivity contribution in [2.45, 2.75) is 51.4 Å². The Morgan fingerprint density at radius 3 is 2.24 bits per heavy atom. The number of amides is 1. The van der Waals surface area contributed by atoms with Crippen molar-refractivity contribution < 1.29 is 14.7 Å². The fourth-order valence-electron chi connectivity index (χ4n) is 3.43. The molecule has 1 aliphatic carbocycles. The van der Waals surface area contributed by atoms with Crippen LogP contribution in [0.4, 0.5) is 5.00 Å². The van der Waals surface area contributed by atoms with E-state index in [1.165, 1.54) is 17.2 Å². The zero-order valence-electron chi connectivity index (χ0n) is 15.0. The van der Waals surface area contributed by atoms with E-state index in [0.29, 0.717) is 10.6 Å². The zero-order valence-corrected chi connectivity index (χ0v) is 15.8. The first-order valence-electron chi connectivity index (χ1n) is 8.40. The van der Waals surface area contributed by atoms with Gasteiger partial charge in [0.05, 0.1) is 5.00 Å². The number of hydrogen-bond donors (Lipinski definition) is 2. The molecular formula is C20H23NO3S. The summed E-state index contributed by atoms with van der Waals surface area (Å²) in [5.41, 5.74) is 3.30. The number of thiophene rings is 1. The second-order valence-corrected chi connectivity index (χ2v) is 9.04. The lowest BCUT2D eigenvalue weighted by atomic mass is 9.63. The summed E-state index contributed by atoms with van der Waals surface area (Å²) >= 11 is 1.06. The molecule has 0 unspecified atom stereocenters. The molecule has 25 heavy (non-hydrogen) atoms. The minimum Gasteiger partial charge on any atom is -0.477 e. The Morgan fingerprint density at radius 2 is 1.64 bits per heavy atom. The Balaban J connectivity index is 1.90. The maximum atomic E-state index is 12.6. The van der Waals surface area contributed by atoms with Crippen molar-refractivity contribution in [1.82, 2.24) is 0 Å². The van der Waals surface area contributed by atoms with Gasteiger partial charge in [0.25, 0.3) is 5.91 Å². The highest BCUT2D eigenvalue weighted by Crippen LogP contribution is 2.45. The first-order valence-corrected chi connectivity index (χ1v) is 9.21. The van der Waals surface area contributed by atoms with E-state index in [1.807, 2.05) is 12.1 Å². The zero-order chi connectivity index (χ0) is 18.4. The maximum absolute atomic E-state index is 12.6. The number of carbonyl (C=O) groups excluding carboxylic acids is 1. The van der Waals surface area contributed by atoms with Crippen LogP contribution in [0.15, 0.2) is 30.3 Å². The number of nitrogens with one attached hydrogen (secondary N) is 1. The van der Waals surface area contributed by atoms with Crippen LogP contribution < -0.4 is 5.32 Å². The number of hydrogen-bond acceptors (Lipinski definition) is 3. The molecule has 3 rings (SSSR count). The molecule has 4 nitrogen and oxygen atoms in total. The smallest absolute Gasteiger partial charge is 0.345 e. The molecule has 132 valence electrons. The fraction of sp³-hybridized carbons (Fsp3) is 0.400.